The molecule has 1 aliphatic rings. The third-order valence-corrected chi connectivity index (χ3v) is 3.77. The maximum atomic E-state index is 12.5. The van der Waals surface area contributed by atoms with Crippen LogP contribution in [0.15, 0.2) is 24.3 Å². The highest BCUT2D eigenvalue weighted by Crippen LogP contribution is 2.24. The first-order chi connectivity index (χ1) is 8.72. The molecule has 1 saturated carbocycles. The monoisotopic (exact) mass is 282 g/mol. The molecule has 0 radical (unpaired) electrons. The van der Waals surface area contributed by atoms with Crippen molar-refractivity contribution in [3.05, 3.63) is 29.8 Å². The number of carbonyl (C=O) groups excluding carboxylic acids is 1. The number of rotatable bonds is 3. The van der Waals surface area contributed by atoms with Gasteiger partial charge in [-0.15, -0.1) is 12.4 Å². The summed E-state index contributed by atoms with van der Waals surface area (Å²) < 4.78 is 0. The van der Waals surface area contributed by atoms with Gasteiger partial charge in [-0.1, -0.05) is 19.3 Å². The molecule has 1 aliphatic carbocycles. The Balaban J connectivity index is 0.00000180. The first kappa shape index (κ1) is 15.8. The molecule has 1 amide bonds. The second-order valence-corrected chi connectivity index (χ2v) is 5.01. The smallest absolute Gasteiger partial charge is 0.254 e. The molecular formula is C15H23ClN2O. The zero-order valence-corrected chi connectivity index (χ0v) is 12.3. The molecule has 0 atom stereocenters. The molecule has 1 aromatic rings. The molecule has 0 bridgehead atoms. The van der Waals surface area contributed by atoms with Crippen molar-refractivity contribution in [3.63, 3.8) is 0 Å². The summed E-state index contributed by atoms with van der Waals surface area (Å²) in [5, 5.41) is 0. The number of hydrogen-bond donors (Lipinski definition) is 1. The van der Waals surface area contributed by atoms with Gasteiger partial charge in [0.1, 0.15) is 0 Å². The van der Waals surface area contributed by atoms with Crippen LogP contribution in [0.1, 0.15) is 49.4 Å². The first-order valence-corrected chi connectivity index (χ1v) is 6.89. The Hall–Kier alpha value is -1.22. The number of carbonyl (C=O) groups is 1. The van der Waals surface area contributed by atoms with Gasteiger partial charge in [-0.05, 0) is 44.0 Å². The zero-order valence-electron chi connectivity index (χ0n) is 11.5. The van der Waals surface area contributed by atoms with Gasteiger partial charge in [0, 0.05) is 23.8 Å². The quantitative estimate of drug-likeness (QED) is 0.863. The van der Waals surface area contributed by atoms with Crippen LogP contribution >= 0.6 is 12.4 Å². The van der Waals surface area contributed by atoms with Crippen molar-refractivity contribution in [2.24, 2.45) is 0 Å². The van der Waals surface area contributed by atoms with E-state index in [9.17, 15) is 4.79 Å². The second-order valence-electron chi connectivity index (χ2n) is 5.01. The molecule has 19 heavy (non-hydrogen) atoms. The Kier molecular flexibility index (Phi) is 6.16. The molecular weight excluding hydrogens is 260 g/mol. The Morgan fingerprint density at radius 2 is 1.79 bits per heavy atom. The minimum atomic E-state index is 0. The van der Waals surface area contributed by atoms with Crippen molar-refractivity contribution < 1.29 is 4.79 Å². The Morgan fingerprint density at radius 1 is 1.21 bits per heavy atom. The van der Waals surface area contributed by atoms with Gasteiger partial charge in [0.05, 0.1) is 0 Å². The molecule has 0 aromatic heterocycles. The van der Waals surface area contributed by atoms with E-state index in [-0.39, 0.29) is 18.3 Å². The minimum absolute atomic E-state index is 0. The maximum absolute atomic E-state index is 12.5. The number of nitrogens with zero attached hydrogens (tertiary/aromatic N) is 1. The van der Waals surface area contributed by atoms with E-state index in [0.29, 0.717) is 11.7 Å². The van der Waals surface area contributed by atoms with Gasteiger partial charge < -0.3 is 10.6 Å². The predicted molar refractivity (Wildman–Crippen MR) is 81.7 cm³/mol. The third kappa shape index (κ3) is 3.87. The Morgan fingerprint density at radius 3 is 2.32 bits per heavy atom. The summed E-state index contributed by atoms with van der Waals surface area (Å²) in [6.07, 6.45) is 6.10. The lowest BCUT2D eigenvalue weighted by atomic mass is 9.93. The van der Waals surface area contributed by atoms with E-state index in [1.165, 1.54) is 19.3 Å². The number of amides is 1. The van der Waals surface area contributed by atoms with E-state index in [0.717, 1.165) is 24.9 Å². The molecule has 1 aromatic carbocycles. The Labute approximate surface area is 121 Å². The summed E-state index contributed by atoms with van der Waals surface area (Å²) in [6.45, 7) is 2.84. The molecule has 2 N–H and O–H groups in total. The molecule has 4 heteroatoms. The maximum Gasteiger partial charge on any atom is 0.254 e. The van der Waals surface area contributed by atoms with Crippen LogP contribution in [0.3, 0.4) is 0 Å². The summed E-state index contributed by atoms with van der Waals surface area (Å²) in [6, 6.07) is 7.66. The molecule has 0 unspecified atom stereocenters. The summed E-state index contributed by atoms with van der Waals surface area (Å²) >= 11 is 0. The molecule has 1 fully saturated rings. The van der Waals surface area contributed by atoms with Crippen LogP contribution in [0.2, 0.25) is 0 Å². The minimum Gasteiger partial charge on any atom is -0.399 e. The van der Waals surface area contributed by atoms with E-state index >= 15 is 0 Å². The van der Waals surface area contributed by atoms with Gasteiger partial charge >= 0.3 is 0 Å². The Bertz CT molecular complexity index is 399. The fourth-order valence-corrected chi connectivity index (χ4v) is 2.75. The normalized spacial score (nSPS) is 15.6. The van der Waals surface area contributed by atoms with Gasteiger partial charge in [-0.2, -0.15) is 0 Å². The average Bonchev–Trinajstić information content (AvgIpc) is 2.41. The van der Waals surface area contributed by atoms with E-state index in [1.54, 1.807) is 12.1 Å². The van der Waals surface area contributed by atoms with Crippen molar-refractivity contribution >= 4 is 24.0 Å². The number of halogens is 1. The van der Waals surface area contributed by atoms with Crippen LogP contribution in [0.5, 0.6) is 0 Å². The molecule has 0 saturated heterocycles. The SMILES string of the molecule is CCN(C(=O)c1ccc(N)cc1)C1CCCCC1.Cl. The lowest BCUT2D eigenvalue weighted by Crippen LogP contribution is -2.41. The van der Waals surface area contributed by atoms with Gasteiger partial charge in [0.25, 0.3) is 5.91 Å². The fraction of sp³-hybridized carbons (Fsp3) is 0.533. The highest BCUT2D eigenvalue weighted by molar-refractivity contribution is 5.94. The summed E-state index contributed by atoms with van der Waals surface area (Å²) in [5.74, 6) is 0.143. The average molecular weight is 283 g/mol. The summed E-state index contributed by atoms with van der Waals surface area (Å²) in [5.41, 5.74) is 7.10. The van der Waals surface area contributed by atoms with Crippen molar-refractivity contribution in [2.75, 3.05) is 12.3 Å². The molecule has 0 spiro atoms. The second kappa shape index (κ2) is 7.39. The number of nitrogen functional groups attached to an aromatic ring is 1. The van der Waals surface area contributed by atoms with Crippen LogP contribution in [0.4, 0.5) is 5.69 Å². The largest absolute Gasteiger partial charge is 0.399 e. The number of nitrogens with two attached hydrogens (primary N) is 1. The highest BCUT2D eigenvalue weighted by atomic mass is 35.5. The van der Waals surface area contributed by atoms with E-state index in [1.807, 2.05) is 17.0 Å². The topological polar surface area (TPSA) is 46.3 Å². The van der Waals surface area contributed by atoms with Crippen LogP contribution in [-0.2, 0) is 0 Å². The van der Waals surface area contributed by atoms with Crippen LogP contribution in [0, 0.1) is 0 Å². The molecule has 0 heterocycles. The van der Waals surface area contributed by atoms with Gasteiger partial charge in [0.2, 0.25) is 0 Å². The zero-order chi connectivity index (χ0) is 13.0. The third-order valence-electron chi connectivity index (χ3n) is 3.77. The van der Waals surface area contributed by atoms with Gasteiger partial charge in [-0.25, -0.2) is 0 Å². The number of anilines is 1. The predicted octanol–water partition coefficient (Wildman–Crippen LogP) is 3.49. The van der Waals surface area contributed by atoms with Gasteiger partial charge in [0.15, 0.2) is 0 Å². The van der Waals surface area contributed by atoms with E-state index < -0.39 is 0 Å². The molecule has 106 valence electrons. The van der Waals surface area contributed by atoms with Crippen molar-refractivity contribution in [1.82, 2.24) is 4.90 Å². The molecule has 3 nitrogen and oxygen atoms in total. The van der Waals surface area contributed by atoms with Gasteiger partial charge in [-0.3, -0.25) is 4.79 Å². The lowest BCUT2D eigenvalue weighted by Gasteiger charge is -2.33. The standard InChI is InChI=1S/C15H22N2O.ClH/c1-2-17(14-6-4-3-5-7-14)15(18)12-8-10-13(16)11-9-12;/h8-11,14H,2-7,16H2,1H3;1H. The summed E-state index contributed by atoms with van der Waals surface area (Å²) in [7, 11) is 0. The van der Waals surface area contributed by atoms with Crippen molar-refractivity contribution in [2.45, 2.75) is 45.1 Å². The number of hydrogen-bond acceptors (Lipinski definition) is 2. The van der Waals surface area contributed by atoms with Crippen LogP contribution < -0.4 is 5.73 Å². The van der Waals surface area contributed by atoms with Crippen molar-refractivity contribution in [3.8, 4) is 0 Å². The first-order valence-electron chi connectivity index (χ1n) is 6.89. The number of benzene rings is 1. The lowest BCUT2D eigenvalue weighted by molar-refractivity contribution is 0.0648. The summed E-state index contributed by atoms with van der Waals surface area (Å²) in [4.78, 5) is 14.5. The highest BCUT2D eigenvalue weighted by Gasteiger charge is 2.24. The van der Waals surface area contributed by atoms with E-state index in [4.69, 9.17) is 5.73 Å². The fourth-order valence-electron chi connectivity index (χ4n) is 2.75. The van der Waals surface area contributed by atoms with E-state index in [2.05, 4.69) is 6.92 Å². The van der Waals surface area contributed by atoms with Crippen LogP contribution in [0.25, 0.3) is 0 Å². The molecule has 0 aliphatic heterocycles. The van der Waals surface area contributed by atoms with Crippen LogP contribution in [-0.4, -0.2) is 23.4 Å². The van der Waals surface area contributed by atoms with Crippen molar-refractivity contribution in [1.29, 1.82) is 0 Å². The molecule has 2 rings (SSSR count).